The number of carbonyl (C=O) groups excluding carboxylic acids is 1. The van der Waals surface area contributed by atoms with Gasteiger partial charge in [0.2, 0.25) is 0 Å². The maximum Gasteiger partial charge on any atom is 0.150 e. The first-order valence-corrected chi connectivity index (χ1v) is 36.8. The molecule has 0 unspecified atom stereocenters. The van der Waals surface area contributed by atoms with E-state index in [9.17, 15) is 4.79 Å². The fourth-order valence-corrected chi connectivity index (χ4v) is 17.5. The maximum atomic E-state index is 13.6. The molecule has 0 N–H and O–H groups in total. The molecule has 8 aromatic rings. The SMILES string of the molecule is CCCCCCC1(CCCCCC)c2cc(N(c3ccccc3)c3ccccc3)ccc2-c2c3c(c4c(c21)-c1ccc(C=O)cc1C4(CCCCCC)CCCCCC)C(CCCCCC)(CCCCCC)c1cc(N(c2ccccc2)c2ccccc2)ccc1-3. The van der Waals surface area contributed by atoms with Crippen LogP contribution in [0.4, 0.5) is 34.1 Å². The molecule has 0 fully saturated rings. The van der Waals surface area contributed by atoms with E-state index in [-0.39, 0.29) is 16.2 Å². The van der Waals surface area contributed by atoms with Gasteiger partial charge in [0.25, 0.3) is 0 Å². The largest absolute Gasteiger partial charge is 0.310 e. The van der Waals surface area contributed by atoms with Crippen LogP contribution >= 0.6 is 0 Å². The minimum atomic E-state index is -0.277. The molecule has 0 aliphatic heterocycles. The van der Waals surface area contributed by atoms with E-state index in [1.807, 2.05) is 0 Å². The number of para-hydroxylation sites is 4. The zero-order valence-electron chi connectivity index (χ0n) is 56.8. The van der Waals surface area contributed by atoms with E-state index in [2.05, 4.69) is 227 Å². The molecule has 3 nitrogen and oxygen atoms in total. The first-order valence-electron chi connectivity index (χ1n) is 36.8. The Morgan fingerprint density at radius 1 is 0.275 bits per heavy atom. The van der Waals surface area contributed by atoms with Crippen LogP contribution in [0.25, 0.3) is 33.4 Å². The molecule has 91 heavy (non-hydrogen) atoms. The Hall–Kier alpha value is -6.97. The van der Waals surface area contributed by atoms with E-state index in [0.717, 1.165) is 44.1 Å². The van der Waals surface area contributed by atoms with Gasteiger partial charge in [0, 0.05) is 55.9 Å². The minimum Gasteiger partial charge on any atom is -0.310 e. The van der Waals surface area contributed by atoms with Gasteiger partial charge in [-0.05, 0) is 184 Å². The number of fused-ring (bicyclic) bond motifs is 12. The van der Waals surface area contributed by atoms with Crippen molar-refractivity contribution in [2.45, 2.75) is 250 Å². The summed E-state index contributed by atoms with van der Waals surface area (Å²) in [5.74, 6) is 0. The predicted molar refractivity (Wildman–Crippen MR) is 392 cm³/mol. The number of aldehydes is 1. The zero-order chi connectivity index (χ0) is 63.1. The summed E-state index contributed by atoms with van der Waals surface area (Å²) in [5, 5.41) is 0. The van der Waals surface area contributed by atoms with E-state index >= 15 is 0 Å². The van der Waals surface area contributed by atoms with Gasteiger partial charge in [0.1, 0.15) is 6.29 Å². The lowest BCUT2D eigenvalue weighted by atomic mass is 9.61. The number of benzene rings is 8. The van der Waals surface area contributed by atoms with Gasteiger partial charge in [-0.25, -0.2) is 0 Å². The molecule has 0 saturated heterocycles. The molecular weight excluding hydrogens is 1100 g/mol. The van der Waals surface area contributed by atoms with Gasteiger partial charge in [0.15, 0.2) is 0 Å². The van der Waals surface area contributed by atoms with E-state index < -0.39 is 0 Å². The van der Waals surface area contributed by atoms with E-state index in [4.69, 9.17) is 0 Å². The second kappa shape index (κ2) is 31.1. The average molecular weight is 1210 g/mol. The monoisotopic (exact) mass is 1210 g/mol. The van der Waals surface area contributed by atoms with Crippen LogP contribution in [-0.2, 0) is 16.2 Å². The van der Waals surface area contributed by atoms with Crippen LogP contribution < -0.4 is 9.80 Å². The van der Waals surface area contributed by atoms with Crippen molar-refractivity contribution in [1.29, 1.82) is 0 Å². The highest BCUT2D eigenvalue weighted by Crippen LogP contribution is 2.72. The summed E-state index contributed by atoms with van der Waals surface area (Å²) < 4.78 is 0. The molecule has 3 heteroatoms. The van der Waals surface area contributed by atoms with Gasteiger partial charge in [-0.3, -0.25) is 4.79 Å². The van der Waals surface area contributed by atoms with Crippen molar-refractivity contribution in [3.8, 4) is 33.4 Å². The van der Waals surface area contributed by atoms with Crippen molar-refractivity contribution >= 4 is 40.4 Å². The van der Waals surface area contributed by atoms with Gasteiger partial charge >= 0.3 is 0 Å². The van der Waals surface area contributed by atoms with Crippen LogP contribution in [0, 0.1) is 0 Å². The Kier molecular flexibility index (Phi) is 22.4. The molecule has 0 bridgehead atoms. The molecular formula is C88H108N2O. The van der Waals surface area contributed by atoms with Gasteiger partial charge in [-0.2, -0.15) is 0 Å². The van der Waals surface area contributed by atoms with Gasteiger partial charge in [-0.15, -0.1) is 0 Å². The molecule has 0 amide bonds. The van der Waals surface area contributed by atoms with Crippen molar-refractivity contribution in [3.05, 3.63) is 215 Å². The fraction of sp³-hybridized carbons (Fsp3) is 0.443. The van der Waals surface area contributed by atoms with Crippen molar-refractivity contribution < 1.29 is 4.79 Å². The summed E-state index contributed by atoms with van der Waals surface area (Å²) in [5.41, 5.74) is 25.8. The molecule has 8 aromatic carbocycles. The van der Waals surface area contributed by atoms with Gasteiger partial charge in [0.05, 0.1) is 0 Å². The third kappa shape index (κ3) is 13.1. The number of hydrogen-bond donors (Lipinski definition) is 0. The van der Waals surface area contributed by atoms with Crippen LogP contribution in [0.15, 0.2) is 176 Å². The molecule has 0 spiro atoms. The van der Waals surface area contributed by atoms with Crippen LogP contribution in [0.1, 0.15) is 278 Å². The topological polar surface area (TPSA) is 23.6 Å². The number of anilines is 6. The summed E-state index contributed by atoms with van der Waals surface area (Å²) in [6.07, 6.45) is 37.0. The Morgan fingerprint density at radius 2 is 0.549 bits per heavy atom. The quantitative estimate of drug-likeness (QED) is 0.0286. The predicted octanol–water partition coefficient (Wildman–Crippen LogP) is 27.1. The van der Waals surface area contributed by atoms with Crippen LogP contribution in [0.5, 0.6) is 0 Å². The van der Waals surface area contributed by atoms with Crippen molar-refractivity contribution in [2.24, 2.45) is 0 Å². The highest BCUT2D eigenvalue weighted by Gasteiger charge is 2.58. The van der Waals surface area contributed by atoms with Crippen molar-refractivity contribution in [2.75, 3.05) is 9.80 Å². The lowest BCUT2D eigenvalue weighted by molar-refractivity contribution is 0.112. The van der Waals surface area contributed by atoms with Crippen LogP contribution in [-0.4, -0.2) is 6.29 Å². The number of rotatable bonds is 37. The summed E-state index contributed by atoms with van der Waals surface area (Å²) in [4.78, 5) is 18.7. The fourth-order valence-electron chi connectivity index (χ4n) is 17.5. The third-order valence-electron chi connectivity index (χ3n) is 21.8. The van der Waals surface area contributed by atoms with Crippen molar-refractivity contribution in [1.82, 2.24) is 0 Å². The Morgan fingerprint density at radius 3 is 0.868 bits per heavy atom. The number of carbonyl (C=O) groups is 1. The molecule has 3 aliphatic rings. The Bertz CT molecular complexity index is 3500. The second-order valence-electron chi connectivity index (χ2n) is 27.8. The molecule has 0 saturated carbocycles. The molecule has 476 valence electrons. The Labute approximate surface area is 550 Å². The number of hydrogen-bond acceptors (Lipinski definition) is 3. The highest BCUT2D eigenvalue weighted by molar-refractivity contribution is 6.07. The highest BCUT2D eigenvalue weighted by atomic mass is 16.1. The van der Waals surface area contributed by atoms with Crippen LogP contribution in [0.3, 0.4) is 0 Å². The molecule has 3 aliphatic carbocycles. The summed E-state index contributed by atoms with van der Waals surface area (Å²) >= 11 is 0. The number of unbranched alkanes of at least 4 members (excludes halogenated alkanes) is 18. The first kappa shape index (κ1) is 65.5. The lowest BCUT2D eigenvalue weighted by Gasteiger charge is -2.42. The standard InChI is InChI=1S/C88H108N2O/c1-7-13-19-37-57-86(58-38-20-14-8-2)78-64-72(89(68-43-29-25-30-44-68)69-45-31-26-32-46-69)52-55-74(78)80-81-75-56-53-73(90(70-47-33-27-34-48-70)71-49-35-28-36-50-71)65-79(75)88(61-41-23-17-11-5,62-42-24-18-12-6)84(81)85-82(83(80)86)76-54-51-67(66-91)63-77(76)87(85,59-39-21-15-9-3)60-40-22-16-10-4/h25-36,43-56,63-66H,7-24,37-42,57-62H2,1-6H3. The summed E-state index contributed by atoms with van der Waals surface area (Å²) in [6, 6.07) is 67.6. The van der Waals surface area contributed by atoms with E-state index in [1.165, 1.54) is 228 Å². The maximum absolute atomic E-state index is 13.6. The molecule has 0 radical (unpaired) electrons. The third-order valence-corrected chi connectivity index (χ3v) is 21.8. The van der Waals surface area contributed by atoms with Gasteiger partial charge in [-0.1, -0.05) is 293 Å². The van der Waals surface area contributed by atoms with E-state index in [0.29, 0.717) is 0 Å². The van der Waals surface area contributed by atoms with E-state index in [1.54, 1.807) is 33.4 Å². The average Bonchev–Trinajstić information content (AvgIpc) is 1.48. The normalized spacial score (nSPS) is 14.1. The molecule has 0 aromatic heterocycles. The Balaban J connectivity index is 1.34. The zero-order valence-corrected chi connectivity index (χ0v) is 56.8. The first-order chi connectivity index (χ1) is 44.9. The number of nitrogens with zero attached hydrogens (tertiary/aromatic N) is 2. The summed E-state index contributed by atoms with van der Waals surface area (Å²) in [6.45, 7) is 14.3. The minimum absolute atomic E-state index is 0.265. The van der Waals surface area contributed by atoms with Crippen LogP contribution in [0.2, 0.25) is 0 Å². The smallest absolute Gasteiger partial charge is 0.150 e. The van der Waals surface area contributed by atoms with Crippen molar-refractivity contribution in [3.63, 3.8) is 0 Å². The second-order valence-corrected chi connectivity index (χ2v) is 27.8. The molecule has 0 atom stereocenters. The summed E-state index contributed by atoms with van der Waals surface area (Å²) in [7, 11) is 0. The lowest BCUT2D eigenvalue weighted by Crippen LogP contribution is -2.34. The van der Waals surface area contributed by atoms with Gasteiger partial charge < -0.3 is 9.80 Å². The molecule has 11 rings (SSSR count). The molecule has 0 heterocycles.